The van der Waals surface area contributed by atoms with Gasteiger partial charge in [-0.1, -0.05) is 24.4 Å². The summed E-state index contributed by atoms with van der Waals surface area (Å²) < 4.78 is 6.41. The van der Waals surface area contributed by atoms with E-state index in [1.165, 1.54) is 12.8 Å². The summed E-state index contributed by atoms with van der Waals surface area (Å²) in [7, 11) is 0. The lowest BCUT2D eigenvalue weighted by molar-refractivity contribution is 0.341. The zero-order valence-corrected chi connectivity index (χ0v) is 12.6. The molecule has 0 amide bonds. The van der Waals surface area contributed by atoms with Crippen molar-refractivity contribution in [1.29, 1.82) is 0 Å². The molecule has 1 fully saturated rings. The third-order valence-electron chi connectivity index (χ3n) is 3.59. The summed E-state index contributed by atoms with van der Waals surface area (Å²) in [6, 6.07) is 8.06. The van der Waals surface area contributed by atoms with Crippen molar-refractivity contribution in [1.82, 2.24) is 9.97 Å². The molecule has 3 nitrogen and oxygen atoms in total. The highest BCUT2D eigenvalue weighted by Gasteiger charge is 2.27. The van der Waals surface area contributed by atoms with Crippen LogP contribution in [0.25, 0.3) is 11.3 Å². The molecule has 0 atom stereocenters. The van der Waals surface area contributed by atoms with E-state index in [0.717, 1.165) is 28.4 Å². The van der Waals surface area contributed by atoms with E-state index in [0.29, 0.717) is 17.2 Å². The van der Waals surface area contributed by atoms with Crippen LogP contribution in [0.2, 0.25) is 0 Å². The Morgan fingerprint density at radius 3 is 2.80 bits per heavy atom. The van der Waals surface area contributed by atoms with Gasteiger partial charge in [0.15, 0.2) is 0 Å². The summed E-state index contributed by atoms with van der Waals surface area (Å²) in [5.41, 5.74) is 3.11. The summed E-state index contributed by atoms with van der Waals surface area (Å²) in [5.74, 6) is 2.45. The topological polar surface area (TPSA) is 37.9 Å². The van der Waals surface area contributed by atoms with Crippen LogP contribution in [0.5, 0.6) is 5.75 Å². The van der Waals surface area contributed by atoms with Crippen molar-refractivity contribution < 1.29 is 4.74 Å². The van der Waals surface area contributed by atoms with Crippen LogP contribution in [0, 0.1) is 11.6 Å². The molecule has 0 spiro atoms. The molecule has 0 aliphatic heterocycles. The van der Waals surface area contributed by atoms with Gasteiger partial charge >= 0.3 is 0 Å². The summed E-state index contributed by atoms with van der Waals surface area (Å²) >= 11 is 5.41. The lowest BCUT2D eigenvalue weighted by atomic mass is 10.1. The second kappa shape index (κ2) is 5.37. The molecule has 1 aliphatic rings. The Morgan fingerprint density at radius 2 is 2.10 bits per heavy atom. The number of ether oxygens (including phenoxy) is 1. The lowest BCUT2D eigenvalue weighted by Gasteiger charge is -2.13. The van der Waals surface area contributed by atoms with Crippen molar-refractivity contribution in [2.45, 2.75) is 32.6 Å². The van der Waals surface area contributed by atoms with Gasteiger partial charge in [0.05, 0.1) is 12.3 Å². The lowest BCUT2D eigenvalue weighted by Crippen LogP contribution is -2.01. The van der Waals surface area contributed by atoms with Crippen molar-refractivity contribution in [3.63, 3.8) is 0 Å². The fourth-order valence-electron chi connectivity index (χ4n) is 2.32. The second-order valence-electron chi connectivity index (χ2n) is 5.13. The van der Waals surface area contributed by atoms with Gasteiger partial charge < -0.3 is 9.72 Å². The highest BCUT2D eigenvalue weighted by Crippen LogP contribution is 2.40. The van der Waals surface area contributed by atoms with Gasteiger partial charge in [-0.2, -0.15) is 0 Å². The highest BCUT2D eigenvalue weighted by molar-refractivity contribution is 7.71. The molecule has 20 heavy (non-hydrogen) atoms. The normalized spacial score (nSPS) is 14.3. The van der Waals surface area contributed by atoms with Crippen LogP contribution in [0.1, 0.15) is 37.1 Å². The highest BCUT2D eigenvalue weighted by atomic mass is 32.1. The monoisotopic (exact) mass is 286 g/mol. The van der Waals surface area contributed by atoms with Crippen molar-refractivity contribution in [2.75, 3.05) is 6.61 Å². The van der Waals surface area contributed by atoms with E-state index >= 15 is 0 Å². The number of hydrogen-bond acceptors (Lipinski definition) is 3. The molecule has 1 aliphatic carbocycles. The summed E-state index contributed by atoms with van der Waals surface area (Å²) in [6.07, 6.45) is 2.40. The number of aromatic nitrogens is 2. The van der Waals surface area contributed by atoms with E-state index in [1.807, 2.05) is 32.0 Å². The Bertz CT molecular complexity index is 689. The minimum atomic E-state index is 0.551. The van der Waals surface area contributed by atoms with Crippen molar-refractivity contribution in [3.05, 3.63) is 40.3 Å². The predicted octanol–water partition coefficient (Wildman–Crippen LogP) is 4.39. The van der Waals surface area contributed by atoms with Gasteiger partial charge in [0.1, 0.15) is 16.2 Å². The van der Waals surface area contributed by atoms with Gasteiger partial charge in [-0.15, -0.1) is 0 Å². The first-order valence-electron chi connectivity index (χ1n) is 7.03. The first kappa shape index (κ1) is 13.3. The number of para-hydroxylation sites is 1. The average Bonchev–Trinajstić information content (AvgIpc) is 3.27. The van der Waals surface area contributed by atoms with Gasteiger partial charge in [0, 0.05) is 17.0 Å². The molecular weight excluding hydrogens is 268 g/mol. The molecule has 0 bridgehead atoms. The molecule has 0 radical (unpaired) electrons. The van der Waals surface area contributed by atoms with E-state index in [2.05, 4.69) is 16.0 Å². The van der Waals surface area contributed by atoms with Crippen LogP contribution in [0.4, 0.5) is 0 Å². The van der Waals surface area contributed by atoms with Crippen LogP contribution >= 0.6 is 12.2 Å². The maximum absolute atomic E-state index is 5.73. The van der Waals surface area contributed by atoms with Crippen LogP contribution in [0.15, 0.2) is 24.3 Å². The number of rotatable bonds is 4. The number of hydrogen-bond donors (Lipinski definition) is 1. The van der Waals surface area contributed by atoms with Gasteiger partial charge in [0.2, 0.25) is 0 Å². The van der Waals surface area contributed by atoms with E-state index in [1.54, 1.807) is 0 Å². The standard InChI is InChI=1S/C16H18N2OS/c1-3-19-13-7-5-4-6-12(13)14-10(2)16(20)18-15(17-14)11-8-9-11/h4-7,11H,3,8-9H2,1-2H3,(H,17,18,20). The minimum absolute atomic E-state index is 0.551. The first-order chi connectivity index (χ1) is 9.70. The Labute approximate surface area is 124 Å². The summed E-state index contributed by atoms with van der Waals surface area (Å²) in [5, 5.41) is 0. The van der Waals surface area contributed by atoms with Gasteiger partial charge in [-0.3, -0.25) is 0 Å². The molecule has 1 heterocycles. The number of nitrogens with one attached hydrogen (secondary N) is 1. The smallest absolute Gasteiger partial charge is 0.133 e. The van der Waals surface area contributed by atoms with Gasteiger partial charge in [0.25, 0.3) is 0 Å². The third-order valence-corrected chi connectivity index (χ3v) is 3.99. The van der Waals surface area contributed by atoms with Crippen LogP contribution in [-0.2, 0) is 0 Å². The summed E-state index contributed by atoms with van der Waals surface area (Å²) in [6.45, 7) is 4.66. The van der Waals surface area contributed by atoms with Crippen LogP contribution in [0.3, 0.4) is 0 Å². The molecule has 3 rings (SSSR count). The molecular formula is C16H18N2OS. The van der Waals surface area contributed by atoms with E-state index in [-0.39, 0.29) is 0 Å². The van der Waals surface area contributed by atoms with Crippen molar-refractivity contribution in [3.8, 4) is 17.0 Å². The van der Waals surface area contributed by atoms with E-state index in [4.69, 9.17) is 17.0 Å². The number of nitrogens with zero attached hydrogens (tertiary/aromatic N) is 1. The minimum Gasteiger partial charge on any atom is -0.493 e. The zero-order chi connectivity index (χ0) is 14.1. The van der Waals surface area contributed by atoms with Crippen LogP contribution < -0.4 is 4.74 Å². The Morgan fingerprint density at radius 1 is 1.35 bits per heavy atom. The average molecular weight is 286 g/mol. The Hall–Kier alpha value is -1.68. The molecule has 1 aromatic carbocycles. The zero-order valence-electron chi connectivity index (χ0n) is 11.8. The van der Waals surface area contributed by atoms with Gasteiger partial charge in [-0.25, -0.2) is 4.98 Å². The molecule has 1 aromatic heterocycles. The molecule has 1 N–H and O–H groups in total. The van der Waals surface area contributed by atoms with E-state index < -0.39 is 0 Å². The Kier molecular flexibility index (Phi) is 3.57. The summed E-state index contributed by atoms with van der Waals surface area (Å²) in [4.78, 5) is 7.99. The molecule has 4 heteroatoms. The fraction of sp³-hybridized carbons (Fsp3) is 0.375. The number of aromatic amines is 1. The SMILES string of the molecule is CCOc1ccccc1-c1[nH]c(C2CC2)nc(=S)c1C. The van der Waals surface area contributed by atoms with Crippen molar-refractivity contribution >= 4 is 12.2 Å². The van der Waals surface area contributed by atoms with E-state index in [9.17, 15) is 0 Å². The molecule has 104 valence electrons. The van der Waals surface area contributed by atoms with Crippen LogP contribution in [-0.4, -0.2) is 16.6 Å². The largest absolute Gasteiger partial charge is 0.493 e. The number of H-pyrrole nitrogens is 1. The first-order valence-corrected chi connectivity index (χ1v) is 7.44. The van der Waals surface area contributed by atoms with Crippen molar-refractivity contribution in [2.24, 2.45) is 0 Å². The number of benzene rings is 1. The fourth-order valence-corrected chi connectivity index (χ4v) is 2.52. The molecule has 1 saturated carbocycles. The second-order valence-corrected chi connectivity index (χ2v) is 5.52. The maximum Gasteiger partial charge on any atom is 0.133 e. The Balaban J connectivity index is 2.16. The quantitative estimate of drug-likeness (QED) is 0.847. The molecule has 0 unspecified atom stereocenters. The third kappa shape index (κ3) is 2.48. The molecule has 0 saturated heterocycles. The molecule has 2 aromatic rings. The van der Waals surface area contributed by atoms with Gasteiger partial charge in [-0.05, 0) is 38.8 Å². The predicted molar refractivity (Wildman–Crippen MR) is 82.7 cm³/mol. The maximum atomic E-state index is 5.73.